The monoisotopic (exact) mass is 361 g/mol. The minimum absolute atomic E-state index is 0.292. The van der Waals surface area contributed by atoms with E-state index in [0.29, 0.717) is 29.1 Å². The maximum Gasteiger partial charge on any atom is 0.344 e. The molecule has 0 unspecified atom stereocenters. The van der Waals surface area contributed by atoms with Gasteiger partial charge >= 0.3 is 5.63 Å². The van der Waals surface area contributed by atoms with E-state index >= 15 is 0 Å². The van der Waals surface area contributed by atoms with E-state index in [2.05, 4.69) is 11.9 Å². The Hall–Kier alpha value is -3.34. The summed E-state index contributed by atoms with van der Waals surface area (Å²) in [7, 11) is 1.59. The second-order valence-electron chi connectivity index (χ2n) is 6.23. The van der Waals surface area contributed by atoms with E-state index in [0.717, 1.165) is 28.5 Å². The van der Waals surface area contributed by atoms with Crippen LogP contribution in [0.1, 0.15) is 18.2 Å². The van der Waals surface area contributed by atoms with E-state index in [-0.39, 0.29) is 5.63 Å². The minimum Gasteiger partial charge on any atom is -0.493 e. The fourth-order valence-electron chi connectivity index (χ4n) is 3.11. The molecule has 0 aliphatic rings. The second-order valence-corrected chi connectivity index (χ2v) is 6.23. The Morgan fingerprint density at radius 2 is 1.89 bits per heavy atom. The average molecular weight is 361 g/mol. The van der Waals surface area contributed by atoms with Crippen molar-refractivity contribution in [3.8, 4) is 11.5 Å². The molecular weight excluding hydrogens is 342 g/mol. The van der Waals surface area contributed by atoms with Crippen LogP contribution in [0.25, 0.3) is 21.7 Å². The van der Waals surface area contributed by atoms with Crippen LogP contribution in [-0.4, -0.2) is 12.1 Å². The van der Waals surface area contributed by atoms with E-state index < -0.39 is 0 Å². The fraction of sp³-hybridized carbons (Fsp3) is 0.182. The molecule has 136 valence electrons. The van der Waals surface area contributed by atoms with E-state index in [1.807, 2.05) is 42.5 Å². The number of pyridine rings is 1. The van der Waals surface area contributed by atoms with Crippen molar-refractivity contribution in [2.24, 2.45) is 0 Å². The van der Waals surface area contributed by atoms with Crippen LogP contribution in [-0.2, 0) is 13.0 Å². The lowest BCUT2D eigenvalue weighted by Gasteiger charge is -2.12. The van der Waals surface area contributed by atoms with Crippen LogP contribution in [0.3, 0.4) is 0 Å². The number of ether oxygens (including phenoxy) is 2. The van der Waals surface area contributed by atoms with Gasteiger partial charge in [-0.1, -0.05) is 25.1 Å². The number of nitrogens with zero attached hydrogens (tertiary/aromatic N) is 1. The highest BCUT2D eigenvalue weighted by molar-refractivity contribution is 6.05. The molecule has 2 aromatic carbocycles. The van der Waals surface area contributed by atoms with Crippen LogP contribution in [0.4, 0.5) is 0 Å². The third kappa shape index (κ3) is 3.24. The lowest BCUT2D eigenvalue weighted by Crippen LogP contribution is -2.03. The smallest absolute Gasteiger partial charge is 0.344 e. The van der Waals surface area contributed by atoms with Gasteiger partial charge in [0, 0.05) is 23.0 Å². The van der Waals surface area contributed by atoms with E-state index in [4.69, 9.17) is 13.9 Å². The first-order valence-electron chi connectivity index (χ1n) is 8.79. The number of hydrogen-bond acceptors (Lipinski definition) is 5. The number of fused-ring (bicyclic) bond motifs is 3. The van der Waals surface area contributed by atoms with Gasteiger partial charge in [0.25, 0.3) is 0 Å². The van der Waals surface area contributed by atoms with Crippen molar-refractivity contribution in [1.82, 2.24) is 4.98 Å². The highest BCUT2D eigenvalue weighted by Gasteiger charge is 2.14. The number of rotatable bonds is 5. The van der Waals surface area contributed by atoms with E-state index in [1.165, 1.54) is 0 Å². The van der Waals surface area contributed by atoms with Crippen LogP contribution in [0.15, 0.2) is 63.9 Å². The van der Waals surface area contributed by atoms with Crippen molar-refractivity contribution in [2.75, 3.05) is 7.11 Å². The summed E-state index contributed by atoms with van der Waals surface area (Å²) < 4.78 is 16.9. The Bertz CT molecular complexity index is 1170. The highest BCUT2D eigenvalue weighted by atomic mass is 16.5. The molecule has 5 heteroatoms. The van der Waals surface area contributed by atoms with Crippen LogP contribution in [0.2, 0.25) is 0 Å². The van der Waals surface area contributed by atoms with Gasteiger partial charge in [-0.25, -0.2) is 4.79 Å². The zero-order chi connectivity index (χ0) is 18.8. The van der Waals surface area contributed by atoms with Crippen LogP contribution < -0.4 is 15.1 Å². The summed E-state index contributed by atoms with van der Waals surface area (Å²) in [5.41, 5.74) is 2.00. The molecule has 2 aromatic heterocycles. The van der Waals surface area contributed by atoms with E-state index in [1.54, 1.807) is 19.4 Å². The van der Waals surface area contributed by atoms with Crippen molar-refractivity contribution in [3.63, 3.8) is 0 Å². The van der Waals surface area contributed by atoms with Crippen molar-refractivity contribution in [3.05, 3.63) is 76.4 Å². The summed E-state index contributed by atoms with van der Waals surface area (Å²) >= 11 is 0. The quantitative estimate of drug-likeness (QED) is 0.387. The summed E-state index contributed by atoms with van der Waals surface area (Å²) in [6.45, 7) is 2.35. The zero-order valence-electron chi connectivity index (χ0n) is 15.2. The number of benzene rings is 2. The van der Waals surface area contributed by atoms with Crippen molar-refractivity contribution in [2.45, 2.75) is 20.0 Å². The van der Waals surface area contributed by atoms with Gasteiger partial charge in [0.15, 0.2) is 11.5 Å². The van der Waals surface area contributed by atoms with Gasteiger partial charge in [-0.15, -0.1) is 0 Å². The van der Waals surface area contributed by atoms with Gasteiger partial charge in [-0.2, -0.15) is 0 Å². The van der Waals surface area contributed by atoms with Crippen molar-refractivity contribution >= 4 is 21.7 Å². The number of aromatic nitrogens is 1. The predicted molar refractivity (Wildman–Crippen MR) is 104 cm³/mol. The first kappa shape index (κ1) is 17.1. The second kappa shape index (κ2) is 7.11. The summed E-state index contributed by atoms with van der Waals surface area (Å²) in [5.74, 6) is 1.08. The molecule has 0 radical (unpaired) electrons. The van der Waals surface area contributed by atoms with Gasteiger partial charge in [-0.3, -0.25) is 4.98 Å². The molecule has 0 bridgehead atoms. The first-order chi connectivity index (χ1) is 13.2. The predicted octanol–water partition coefficient (Wildman–Crippen LogP) is 4.49. The summed E-state index contributed by atoms with van der Waals surface area (Å²) in [4.78, 5) is 16.7. The molecule has 2 heterocycles. The molecule has 0 amide bonds. The minimum atomic E-state index is -0.353. The molecule has 27 heavy (non-hydrogen) atoms. The molecule has 0 aliphatic heterocycles. The first-order valence-corrected chi connectivity index (χ1v) is 8.79. The lowest BCUT2D eigenvalue weighted by molar-refractivity contribution is 0.281. The normalized spacial score (nSPS) is 11.0. The maximum atomic E-state index is 12.5. The van der Waals surface area contributed by atoms with E-state index in [9.17, 15) is 4.79 Å². The Morgan fingerprint density at radius 1 is 1.00 bits per heavy atom. The molecular formula is C22H19NO4. The highest BCUT2D eigenvalue weighted by Crippen LogP contribution is 2.35. The SMILES string of the molecule is CCc1ccc2c(c1)c(=O)oc1cc(OCc3ccccn3)c(OC)cc12. The Kier molecular flexibility index (Phi) is 4.50. The molecule has 0 aliphatic carbocycles. The van der Waals surface area contributed by atoms with Gasteiger partial charge in [-0.05, 0) is 36.2 Å². The summed E-state index contributed by atoms with van der Waals surface area (Å²) in [5, 5.41) is 2.23. The Balaban J connectivity index is 1.82. The molecule has 0 fully saturated rings. The Labute approximate surface area is 156 Å². The molecule has 0 N–H and O–H groups in total. The molecule has 4 aromatic rings. The number of hydrogen-bond donors (Lipinski definition) is 0. The largest absolute Gasteiger partial charge is 0.493 e. The van der Waals surface area contributed by atoms with Crippen molar-refractivity contribution in [1.29, 1.82) is 0 Å². The zero-order valence-corrected chi connectivity index (χ0v) is 15.2. The maximum absolute atomic E-state index is 12.5. The third-order valence-electron chi connectivity index (χ3n) is 4.57. The number of methoxy groups -OCH3 is 1. The molecule has 0 atom stereocenters. The lowest BCUT2D eigenvalue weighted by atomic mass is 10.0. The van der Waals surface area contributed by atoms with Crippen LogP contribution in [0.5, 0.6) is 11.5 Å². The van der Waals surface area contributed by atoms with Crippen LogP contribution in [0, 0.1) is 0 Å². The Morgan fingerprint density at radius 3 is 2.63 bits per heavy atom. The van der Waals surface area contributed by atoms with Crippen molar-refractivity contribution < 1.29 is 13.9 Å². The van der Waals surface area contributed by atoms with Gasteiger partial charge in [0.2, 0.25) is 0 Å². The fourth-order valence-corrected chi connectivity index (χ4v) is 3.11. The molecule has 0 saturated heterocycles. The van der Waals surface area contributed by atoms with Gasteiger partial charge in [0.1, 0.15) is 12.2 Å². The van der Waals surface area contributed by atoms with Gasteiger partial charge in [0.05, 0.1) is 18.2 Å². The molecule has 0 spiro atoms. The molecule has 4 rings (SSSR count). The topological polar surface area (TPSA) is 61.6 Å². The average Bonchev–Trinajstić information content (AvgIpc) is 2.72. The van der Waals surface area contributed by atoms with Crippen LogP contribution >= 0.6 is 0 Å². The summed E-state index contributed by atoms with van der Waals surface area (Å²) in [6, 6.07) is 15.1. The standard InChI is InChI=1S/C22H19NO4/c1-3-14-7-8-16-17-11-20(25-2)21(26-13-15-6-4-5-9-23-15)12-19(17)27-22(24)18(16)10-14/h4-12H,3,13H2,1-2H3. The molecule has 5 nitrogen and oxygen atoms in total. The third-order valence-corrected chi connectivity index (χ3v) is 4.57. The molecule has 0 saturated carbocycles. The summed E-state index contributed by atoms with van der Waals surface area (Å²) in [6.07, 6.45) is 2.57. The van der Waals surface area contributed by atoms with Gasteiger partial charge < -0.3 is 13.9 Å². The number of aryl methyl sites for hydroxylation is 1.